The summed E-state index contributed by atoms with van der Waals surface area (Å²) in [7, 11) is 0. The highest BCUT2D eigenvalue weighted by Crippen LogP contribution is 2.32. The number of nitrogens with zero attached hydrogens (tertiary/aromatic N) is 1. The van der Waals surface area contributed by atoms with Crippen LogP contribution in [0.4, 0.5) is 10.1 Å². The van der Waals surface area contributed by atoms with Crippen LogP contribution in [0.15, 0.2) is 47.4 Å². The Morgan fingerprint density at radius 1 is 1.23 bits per heavy atom. The molecule has 2 aromatic rings. The zero-order valence-electron chi connectivity index (χ0n) is 13.9. The zero-order valence-corrected chi connectivity index (χ0v) is 14.7. The fraction of sp³-hybridized carbons (Fsp3) is 0.263. The van der Waals surface area contributed by atoms with Crippen LogP contribution in [0, 0.1) is 5.82 Å². The van der Waals surface area contributed by atoms with E-state index in [2.05, 4.69) is 5.32 Å². The SMILES string of the molecule is O=C1CSc2ccc(C(=O)N3CCOC(c4ccc(F)cc4)C3)cc2N1. The molecule has 7 heteroatoms. The molecule has 0 bridgehead atoms. The highest BCUT2D eigenvalue weighted by molar-refractivity contribution is 8.00. The van der Waals surface area contributed by atoms with E-state index in [4.69, 9.17) is 4.74 Å². The van der Waals surface area contributed by atoms with Crippen molar-refractivity contribution in [3.05, 3.63) is 59.4 Å². The van der Waals surface area contributed by atoms with Gasteiger partial charge in [0.05, 0.1) is 24.6 Å². The summed E-state index contributed by atoms with van der Waals surface area (Å²) >= 11 is 1.46. The van der Waals surface area contributed by atoms with E-state index in [1.807, 2.05) is 6.07 Å². The molecule has 1 atom stereocenters. The maximum atomic E-state index is 13.1. The van der Waals surface area contributed by atoms with Crippen LogP contribution in [-0.4, -0.2) is 42.2 Å². The van der Waals surface area contributed by atoms with Crippen LogP contribution in [-0.2, 0) is 9.53 Å². The Balaban J connectivity index is 1.51. The predicted octanol–water partition coefficient (Wildman–Crippen LogP) is 3.08. The van der Waals surface area contributed by atoms with Gasteiger partial charge in [0.15, 0.2) is 0 Å². The van der Waals surface area contributed by atoms with Gasteiger partial charge in [-0.3, -0.25) is 9.59 Å². The molecule has 1 N–H and O–H groups in total. The van der Waals surface area contributed by atoms with Crippen molar-refractivity contribution in [2.24, 2.45) is 0 Å². The molecule has 5 nitrogen and oxygen atoms in total. The highest BCUT2D eigenvalue weighted by atomic mass is 32.2. The molecule has 0 saturated carbocycles. The van der Waals surface area contributed by atoms with Crippen LogP contribution in [0.5, 0.6) is 0 Å². The summed E-state index contributed by atoms with van der Waals surface area (Å²) in [5.74, 6) is -0.0716. The number of morpholine rings is 1. The third-order valence-electron chi connectivity index (χ3n) is 4.45. The number of hydrogen-bond donors (Lipinski definition) is 1. The lowest BCUT2D eigenvalue weighted by Gasteiger charge is -2.33. The van der Waals surface area contributed by atoms with E-state index >= 15 is 0 Å². The third-order valence-corrected chi connectivity index (χ3v) is 5.53. The molecule has 4 rings (SSSR count). The summed E-state index contributed by atoms with van der Waals surface area (Å²) < 4.78 is 18.9. The number of halogens is 1. The smallest absolute Gasteiger partial charge is 0.254 e. The molecule has 2 aromatic carbocycles. The van der Waals surface area contributed by atoms with Crippen LogP contribution >= 0.6 is 11.8 Å². The van der Waals surface area contributed by atoms with Crippen molar-refractivity contribution in [2.75, 3.05) is 30.8 Å². The summed E-state index contributed by atoms with van der Waals surface area (Å²) in [6, 6.07) is 11.5. The van der Waals surface area contributed by atoms with Crippen LogP contribution in [0.1, 0.15) is 22.0 Å². The maximum Gasteiger partial charge on any atom is 0.254 e. The van der Waals surface area contributed by atoms with E-state index in [0.29, 0.717) is 36.7 Å². The maximum absolute atomic E-state index is 13.1. The summed E-state index contributed by atoms with van der Waals surface area (Å²) in [6.07, 6.45) is -0.277. The fourth-order valence-corrected chi connectivity index (χ4v) is 3.90. The number of nitrogens with one attached hydrogen (secondary N) is 1. The van der Waals surface area contributed by atoms with Gasteiger partial charge in [-0.25, -0.2) is 4.39 Å². The number of hydrogen-bond acceptors (Lipinski definition) is 4. The molecule has 2 aliphatic rings. The number of benzene rings is 2. The van der Waals surface area contributed by atoms with Crippen molar-refractivity contribution in [3.63, 3.8) is 0 Å². The van der Waals surface area contributed by atoms with Crippen LogP contribution in [0.25, 0.3) is 0 Å². The Bertz CT molecular complexity index is 856. The summed E-state index contributed by atoms with van der Waals surface area (Å²) in [5.41, 5.74) is 2.06. The van der Waals surface area contributed by atoms with Crippen LogP contribution < -0.4 is 5.32 Å². The third kappa shape index (κ3) is 3.45. The van der Waals surface area contributed by atoms with E-state index in [1.54, 1.807) is 29.2 Å². The molecule has 1 unspecified atom stereocenters. The first-order valence-corrected chi connectivity index (χ1v) is 9.32. The lowest BCUT2D eigenvalue weighted by molar-refractivity contribution is -0.113. The van der Waals surface area contributed by atoms with E-state index in [0.717, 1.165) is 10.5 Å². The number of carbonyl (C=O) groups excluding carboxylic acids is 2. The quantitative estimate of drug-likeness (QED) is 0.880. The van der Waals surface area contributed by atoms with E-state index in [1.165, 1.54) is 23.9 Å². The minimum atomic E-state index is -0.300. The van der Waals surface area contributed by atoms with Gasteiger partial charge in [0.2, 0.25) is 5.91 Å². The molecular formula is C19H17FN2O3S. The van der Waals surface area contributed by atoms with Crippen LogP contribution in [0.2, 0.25) is 0 Å². The molecule has 26 heavy (non-hydrogen) atoms. The Kier molecular flexibility index (Phi) is 4.65. The molecule has 1 saturated heterocycles. The standard InChI is InChI=1S/C19H17FN2O3S/c20-14-4-1-12(2-5-14)16-10-22(7-8-25-16)19(24)13-3-6-17-15(9-13)21-18(23)11-26-17/h1-6,9,16H,7-8,10-11H2,(H,21,23). The van der Waals surface area contributed by atoms with Gasteiger partial charge in [-0.1, -0.05) is 12.1 Å². The van der Waals surface area contributed by atoms with E-state index in [9.17, 15) is 14.0 Å². The van der Waals surface area contributed by atoms with Crippen molar-refractivity contribution < 1.29 is 18.7 Å². The Labute approximate surface area is 154 Å². The summed E-state index contributed by atoms with van der Waals surface area (Å²) in [5, 5.41) is 2.81. The molecular weight excluding hydrogens is 355 g/mol. The van der Waals surface area contributed by atoms with Gasteiger partial charge in [-0.05, 0) is 35.9 Å². The van der Waals surface area contributed by atoms with Crippen molar-refractivity contribution in [1.82, 2.24) is 4.90 Å². The largest absolute Gasteiger partial charge is 0.370 e. The topological polar surface area (TPSA) is 58.6 Å². The number of thioether (sulfide) groups is 1. The number of fused-ring (bicyclic) bond motifs is 1. The first kappa shape index (κ1) is 17.1. The average Bonchev–Trinajstić information content (AvgIpc) is 2.67. The van der Waals surface area contributed by atoms with Gasteiger partial charge in [0.25, 0.3) is 5.91 Å². The lowest BCUT2D eigenvalue weighted by Crippen LogP contribution is -2.42. The van der Waals surface area contributed by atoms with Crippen LogP contribution in [0.3, 0.4) is 0 Å². The van der Waals surface area contributed by atoms with Gasteiger partial charge < -0.3 is 15.0 Å². The summed E-state index contributed by atoms with van der Waals surface area (Å²) in [4.78, 5) is 27.1. The number of carbonyl (C=O) groups is 2. The average molecular weight is 372 g/mol. The van der Waals surface area contributed by atoms with E-state index < -0.39 is 0 Å². The number of rotatable bonds is 2. The normalized spacial score (nSPS) is 19.7. The first-order chi connectivity index (χ1) is 12.6. The number of amides is 2. The molecule has 134 valence electrons. The zero-order chi connectivity index (χ0) is 18.1. The first-order valence-electron chi connectivity index (χ1n) is 8.33. The molecule has 2 amide bonds. The Hall–Kier alpha value is -2.38. The van der Waals surface area contributed by atoms with E-state index in [-0.39, 0.29) is 23.7 Å². The fourth-order valence-electron chi connectivity index (χ4n) is 3.11. The second-order valence-corrected chi connectivity index (χ2v) is 7.23. The summed E-state index contributed by atoms with van der Waals surface area (Å²) in [6.45, 7) is 1.32. The molecule has 0 radical (unpaired) electrons. The van der Waals surface area contributed by atoms with Gasteiger partial charge in [-0.15, -0.1) is 11.8 Å². The van der Waals surface area contributed by atoms with Gasteiger partial charge in [0, 0.05) is 17.0 Å². The van der Waals surface area contributed by atoms with Crippen molar-refractivity contribution >= 4 is 29.3 Å². The molecule has 0 aliphatic carbocycles. The highest BCUT2D eigenvalue weighted by Gasteiger charge is 2.27. The van der Waals surface area contributed by atoms with Crippen molar-refractivity contribution in [3.8, 4) is 0 Å². The van der Waals surface area contributed by atoms with Gasteiger partial charge in [-0.2, -0.15) is 0 Å². The molecule has 0 spiro atoms. The Morgan fingerprint density at radius 2 is 2.04 bits per heavy atom. The van der Waals surface area contributed by atoms with Crippen molar-refractivity contribution in [2.45, 2.75) is 11.0 Å². The number of ether oxygens (including phenoxy) is 1. The monoisotopic (exact) mass is 372 g/mol. The minimum Gasteiger partial charge on any atom is -0.370 e. The molecule has 1 fully saturated rings. The second-order valence-electron chi connectivity index (χ2n) is 6.21. The minimum absolute atomic E-state index is 0.0603. The molecule has 2 aliphatic heterocycles. The predicted molar refractivity (Wildman–Crippen MR) is 96.8 cm³/mol. The van der Waals surface area contributed by atoms with Gasteiger partial charge in [0.1, 0.15) is 11.9 Å². The van der Waals surface area contributed by atoms with Crippen molar-refractivity contribution in [1.29, 1.82) is 0 Å². The Morgan fingerprint density at radius 3 is 2.85 bits per heavy atom. The molecule has 2 heterocycles. The molecule has 0 aromatic heterocycles. The van der Waals surface area contributed by atoms with Gasteiger partial charge >= 0.3 is 0 Å². The second kappa shape index (κ2) is 7.09. The lowest BCUT2D eigenvalue weighted by atomic mass is 10.1. The number of anilines is 1.